The van der Waals surface area contributed by atoms with E-state index in [9.17, 15) is 9.59 Å². The summed E-state index contributed by atoms with van der Waals surface area (Å²) in [5, 5.41) is 5.83. The number of carbonyl (C=O) groups is 2. The molecule has 1 heterocycles. The summed E-state index contributed by atoms with van der Waals surface area (Å²) in [5.74, 6) is -0.545. The summed E-state index contributed by atoms with van der Waals surface area (Å²) in [6, 6.07) is 10.4. The van der Waals surface area contributed by atoms with Crippen LogP contribution in [-0.4, -0.2) is 11.9 Å². The molecule has 0 aliphatic carbocycles. The second kappa shape index (κ2) is 6.21. The molecule has 6 heteroatoms. The first-order valence-electron chi connectivity index (χ1n) is 6.15. The van der Waals surface area contributed by atoms with Crippen molar-refractivity contribution in [1.29, 1.82) is 0 Å². The molecule has 1 aromatic heterocycles. The van der Waals surface area contributed by atoms with Crippen molar-refractivity contribution in [3.05, 3.63) is 46.8 Å². The molecule has 0 atom stereocenters. The maximum Gasteiger partial charge on any atom is 0.324 e. The van der Waals surface area contributed by atoms with Gasteiger partial charge < -0.3 is 11.1 Å². The third kappa shape index (κ3) is 3.36. The van der Waals surface area contributed by atoms with Crippen LogP contribution in [0.2, 0.25) is 0 Å². The average molecular weight is 289 g/mol. The van der Waals surface area contributed by atoms with E-state index >= 15 is 0 Å². The van der Waals surface area contributed by atoms with Crippen LogP contribution in [0.15, 0.2) is 36.4 Å². The summed E-state index contributed by atoms with van der Waals surface area (Å²) < 4.78 is 0. The number of nitrogens with one attached hydrogen (secondary N) is 2. The van der Waals surface area contributed by atoms with Gasteiger partial charge >= 0.3 is 6.03 Å². The highest BCUT2D eigenvalue weighted by atomic mass is 32.1. The molecule has 1 aromatic carbocycles. The van der Waals surface area contributed by atoms with E-state index in [0.29, 0.717) is 16.3 Å². The number of carbonyl (C=O) groups excluding carboxylic acids is 2. The van der Waals surface area contributed by atoms with E-state index in [1.165, 1.54) is 11.3 Å². The summed E-state index contributed by atoms with van der Waals surface area (Å²) >= 11 is 1.35. The van der Waals surface area contributed by atoms with Gasteiger partial charge in [0.1, 0.15) is 5.00 Å². The molecule has 5 nitrogen and oxygen atoms in total. The molecule has 0 spiro atoms. The minimum absolute atomic E-state index is 0.343. The number of hydrogen-bond acceptors (Lipinski definition) is 3. The Balaban J connectivity index is 2.11. The van der Waals surface area contributed by atoms with E-state index in [2.05, 4.69) is 10.6 Å². The van der Waals surface area contributed by atoms with Crippen molar-refractivity contribution in [3.8, 4) is 0 Å². The van der Waals surface area contributed by atoms with Gasteiger partial charge in [-0.3, -0.25) is 10.1 Å². The lowest BCUT2D eigenvalue weighted by atomic mass is 10.2. The minimum atomic E-state index is -0.545. The summed E-state index contributed by atoms with van der Waals surface area (Å²) in [7, 11) is 0. The Bertz CT molecular complexity index is 623. The van der Waals surface area contributed by atoms with Crippen LogP contribution in [0.3, 0.4) is 0 Å². The fourth-order valence-corrected chi connectivity index (χ4v) is 2.68. The lowest BCUT2D eigenvalue weighted by Gasteiger charge is -2.06. The Labute approximate surface area is 120 Å². The molecule has 104 valence electrons. The Morgan fingerprint density at radius 1 is 1.20 bits per heavy atom. The van der Waals surface area contributed by atoms with Gasteiger partial charge in [-0.1, -0.05) is 25.1 Å². The third-order valence-electron chi connectivity index (χ3n) is 2.66. The molecule has 2 rings (SSSR count). The molecule has 0 aliphatic rings. The van der Waals surface area contributed by atoms with Gasteiger partial charge in [-0.15, -0.1) is 11.3 Å². The van der Waals surface area contributed by atoms with Gasteiger partial charge in [-0.05, 0) is 24.6 Å². The van der Waals surface area contributed by atoms with E-state index in [1.54, 1.807) is 18.2 Å². The molecule has 0 fully saturated rings. The first kappa shape index (κ1) is 14.1. The second-order valence-electron chi connectivity index (χ2n) is 4.12. The van der Waals surface area contributed by atoms with Crippen LogP contribution in [0.4, 0.5) is 15.5 Å². The van der Waals surface area contributed by atoms with Crippen molar-refractivity contribution in [1.82, 2.24) is 0 Å². The maximum absolute atomic E-state index is 11.9. The van der Waals surface area contributed by atoms with E-state index in [0.717, 1.165) is 11.3 Å². The van der Waals surface area contributed by atoms with E-state index in [-0.39, 0.29) is 0 Å². The number of para-hydroxylation sites is 1. The average Bonchev–Trinajstić information content (AvgIpc) is 2.83. The quantitative estimate of drug-likeness (QED) is 0.808. The predicted molar refractivity (Wildman–Crippen MR) is 81.3 cm³/mol. The van der Waals surface area contributed by atoms with Gasteiger partial charge in [0.25, 0.3) is 5.91 Å². The first-order valence-corrected chi connectivity index (χ1v) is 6.97. The lowest BCUT2D eigenvalue weighted by Crippen LogP contribution is -2.21. The van der Waals surface area contributed by atoms with Crippen LogP contribution >= 0.6 is 11.3 Å². The van der Waals surface area contributed by atoms with Crippen LogP contribution in [-0.2, 0) is 6.42 Å². The smallest absolute Gasteiger partial charge is 0.324 e. The molecular weight excluding hydrogens is 274 g/mol. The highest BCUT2D eigenvalue weighted by Gasteiger charge is 2.15. The van der Waals surface area contributed by atoms with E-state index in [1.807, 2.05) is 25.1 Å². The van der Waals surface area contributed by atoms with Crippen molar-refractivity contribution < 1.29 is 9.59 Å². The zero-order valence-corrected chi connectivity index (χ0v) is 11.8. The van der Waals surface area contributed by atoms with Gasteiger partial charge in [0.2, 0.25) is 0 Å². The summed E-state index contributed by atoms with van der Waals surface area (Å²) in [5.41, 5.74) is 6.33. The SMILES string of the molecule is CCc1cc(C(N)=O)c(NC(=O)Nc2ccccc2)s1. The Morgan fingerprint density at radius 2 is 1.90 bits per heavy atom. The van der Waals surface area contributed by atoms with Crippen molar-refractivity contribution in [2.45, 2.75) is 13.3 Å². The van der Waals surface area contributed by atoms with Crippen molar-refractivity contribution in [3.63, 3.8) is 0 Å². The number of aryl methyl sites for hydroxylation is 1. The Hall–Kier alpha value is -2.34. The molecule has 3 amide bonds. The van der Waals surface area contributed by atoms with Crippen LogP contribution in [0, 0.1) is 0 Å². The Morgan fingerprint density at radius 3 is 2.50 bits per heavy atom. The minimum Gasteiger partial charge on any atom is -0.366 e. The molecule has 0 bridgehead atoms. The zero-order chi connectivity index (χ0) is 14.5. The van der Waals surface area contributed by atoms with E-state index in [4.69, 9.17) is 5.73 Å². The van der Waals surface area contributed by atoms with Crippen molar-refractivity contribution >= 4 is 34.0 Å². The molecule has 20 heavy (non-hydrogen) atoms. The molecule has 0 unspecified atom stereocenters. The van der Waals surface area contributed by atoms with Gasteiger partial charge in [0, 0.05) is 10.6 Å². The normalized spacial score (nSPS) is 10.1. The monoisotopic (exact) mass is 289 g/mol. The number of rotatable bonds is 4. The second-order valence-corrected chi connectivity index (χ2v) is 5.26. The van der Waals surface area contributed by atoms with Crippen molar-refractivity contribution in [2.24, 2.45) is 5.73 Å². The number of anilines is 2. The maximum atomic E-state index is 11.9. The van der Waals surface area contributed by atoms with Gasteiger partial charge in [0.05, 0.1) is 5.56 Å². The van der Waals surface area contributed by atoms with Gasteiger partial charge in [0.15, 0.2) is 0 Å². The zero-order valence-electron chi connectivity index (χ0n) is 11.0. The highest BCUT2D eigenvalue weighted by molar-refractivity contribution is 7.16. The largest absolute Gasteiger partial charge is 0.366 e. The number of urea groups is 1. The lowest BCUT2D eigenvalue weighted by molar-refractivity contribution is 0.100. The third-order valence-corrected chi connectivity index (χ3v) is 3.85. The molecule has 0 aliphatic heterocycles. The van der Waals surface area contributed by atoms with Crippen LogP contribution in [0.25, 0.3) is 0 Å². The predicted octanol–water partition coefficient (Wildman–Crippen LogP) is 3.05. The van der Waals surface area contributed by atoms with Crippen molar-refractivity contribution in [2.75, 3.05) is 10.6 Å². The fourth-order valence-electron chi connectivity index (χ4n) is 1.68. The molecule has 0 saturated carbocycles. The molecule has 0 saturated heterocycles. The number of hydrogen-bond donors (Lipinski definition) is 3. The van der Waals surface area contributed by atoms with Crippen LogP contribution in [0.5, 0.6) is 0 Å². The molecule has 2 aromatic rings. The summed E-state index contributed by atoms with van der Waals surface area (Å²) in [6.45, 7) is 1.98. The number of amides is 3. The number of primary amides is 1. The van der Waals surface area contributed by atoms with Gasteiger partial charge in [-0.2, -0.15) is 0 Å². The summed E-state index contributed by atoms with van der Waals surface area (Å²) in [4.78, 5) is 24.2. The Kier molecular flexibility index (Phi) is 4.37. The van der Waals surface area contributed by atoms with Crippen LogP contribution < -0.4 is 16.4 Å². The molecular formula is C14H15N3O2S. The highest BCUT2D eigenvalue weighted by Crippen LogP contribution is 2.28. The summed E-state index contributed by atoms with van der Waals surface area (Å²) in [6.07, 6.45) is 0.785. The topological polar surface area (TPSA) is 84.2 Å². The number of thiophene rings is 1. The molecule has 0 radical (unpaired) electrons. The standard InChI is InChI=1S/C14H15N3O2S/c1-2-10-8-11(12(15)18)13(20-10)17-14(19)16-9-6-4-3-5-7-9/h3-8H,2H2,1H3,(H2,15,18)(H2,16,17,19). The van der Waals surface area contributed by atoms with Gasteiger partial charge in [-0.25, -0.2) is 4.79 Å². The number of benzene rings is 1. The fraction of sp³-hybridized carbons (Fsp3) is 0.143. The first-order chi connectivity index (χ1) is 9.60. The van der Waals surface area contributed by atoms with Crippen LogP contribution in [0.1, 0.15) is 22.2 Å². The number of nitrogens with two attached hydrogens (primary N) is 1. The van der Waals surface area contributed by atoms with E-state index < -0.39 is 11.9 Å². The molecule has 4 N–H and O–H groups in total.